The van der Waals surface area contributed by atoms with Gasteiger partial charge in [0.1, 0.15) is 0 Å². The third kappa shape index (κ3) is 7.63. The van der Waals surface area contributed by atoms with Gasteiger partial charge in [0.15, 0.2) is 0 Å². The second kappa shape index (κ2) is 8.98. The van der Waals surface area contributed by atoms with E-state index in [1.807, 2.05) is 0 Å². The predicted molar refractivity (Wildman–Crippen MR) is 63.6 cm³/mol. The van der Waals surface area contributed by atoms with Gasteiger partial charge in [0.25, 0.3) is 0 Å². The van der Waals surface area contributed by atoms with E-state index >= 15 is 0 Å². The Kier molecular flexibility index (Phi) is 8.82. The molecule has 0 aromatic rings. The van der Waals surface area contributed by atoms with Crippen LogP contribution in [0.2, 0.25) is 0 Å². The van der Waals surface area contributed by atoms with Crippen LogP contribution < -0.4 is 5.32 Å². The van der Waals surface area contributed by atoms with Crippen LogP contribution in [0.3, 0.4) is 0 Å². The van der Waals surface area contributed by atoms with Crippen molar-refractivity contribution in [2.45, 2.75) is 44.9 Å². The van der Waals surface area contributed by atoms with Crippen molar-refractivity contribution in [1.29, 1.82) is 0 Å². The number of hydrogen-bond donors (Lipinski definition) is 2. The van der Waals surface area contributed by atoms with Crippen LogP contribution in [-0.2, 0) is 4.79 Å². The number of carboxylic acid groups (broad SMARTS) is 1. The molecule has 4 heteroatoms. The van der Waals surface area contributed by atoms with E-state index in [-0.39, 0.29) is 12.4 Å². The van der Waals surface area contributed by atoms with Gasteiger partial charge in [-0.3, -0.25) is 4.79 Å². The number of nitrogens with one attached hydrogen (secondary N) is 1. The van der Waals surface area contributed by atoms with Crippen LogP contribution in [0, 0.1) is 5.92 Å². The van der Waals surface area contributed by atoms with E-state index in [0.29, 0.717) is 6.42 Å². The first-order chi connectivity index (χ1) is 6.79. The number of carboxylic acids is 1. The maximum atomic E-state index is 10.3. The van der Waals surface area contributed by atoms with Crippen LogP contribution in [0.4, 0.5) is 0 Å². The molecule has 0 saturated carbocycles. The van der Waals surface area contributed by atoms with Crippen molar-refractivity contribution >= 4 is 18.4 Å². The molecular formula is C11H22ClNO2. The fourth-order valence-electron chi connectivity index (χ4n) is 2.06. The van der Waals surface area contributed by atoms with Gasteiger partial charge in [-0.2, -0.15) is 0 Å². The summed E-state index contributed by atoms with van der Waals surface area (Å²) >= 11 is 0. The van der Waals surface area contributed by atoms with Gasteiger partial charge >= 0.3 is 5.97 Å². The molecule has 0 aromatic heterocycles. The van der Waals surface area contributed by atoms with Crippen molar-refractivity contribution in [3.05, 3.63) is 0 Å². The lowest BCUT2D eigenvalue weighted by Crippen LogP contribution is -2.27. The quantitative estimate of drug-likeness (QED) is 0.696. The summed E-state index contributed by atoms with van der Waals surface area (Å²) in [4.78, 5) is 10.3. The van der Waals surface area contributed by atoms with E-state index < -0.39 is 5.97 Å². The van der Waals surface area contributed by atoms with E-state index in [1.54, 1.807) is 0 Å². The topological polar surface area (TPSA) is 49.3 Å². The molecule has 0 unspecified atom stereocenters. The number of piperidine rings is 1. The first-order valence-corrected chi connectivity index (χ1v) is 5.71. The fraction of sp³-hybridized carbons (Fsp3) is 0.909. The average Bonchev–Trinajstić information content (AvgIpc) is 2.18. The molecule has 1 aliphatic rings. The van der Waals surface area contributed by atoms with Gasteiger partial charge < -0.3 is 10.4 Å². The summed E-state index contributed by atoms with van der Waals surface area (Å²) < 4.78 is 0. The highest BCUT2D eigenvalue weighted by atomic mass is 35.5. The highest BCUT2D eigenvalue weighted by Crippen LogP contribution is 2.19. The van der Waals surface area contributed by atoms with Crippen molar-refractivity contribution < 1.29 is 9.90 Å². The first kappa shape index (κ1) is 14.7. The summed E-state index contributed by atoms with van der Waals surface area (Å²) in [5.74, 6) is 0.230. The molecular weight excluding hydrogens is 214 g/mol. The molecule has 1 rings (SSSR count). The van der Waals surface area contributed by atoms with E-state index in [0.717, 1.165) is 18.8 Å². The van der Waals surface area contributed by atoms with Crippen LogP contribution in [-0.4, -0.2) is 24.2 Å². The summed E-state index contributed by atoms with van der Waals surface area (Å²) in [6.07, 6.45) is 7.37. The SMILES string of the molecule is Cl.O=C(O)CCCCCC1CCNCC1. The molecule has 0 atom stereocenters. The van der Waals surface area contributed by atoms with Gasteiger partial charge in [0, 0.05) is 6.42 Å². The Morgan fingerprint density at radius 2 is 1.87 bits per heavy atom. The molecule has 1 fully saturated rings. The van der Waals surface area contributed by atoms with Gasteiger partial charge in [-0.05, 0) is 38.3 Å². The van der Waals surface area contributed by atoms with Crippen LogP contribution >= 0.6 is 12.4 Å². The summed E-state index contributed by atoms with van der Waals surface area (Å²) in [5.41, 5.74) is 0. The molecule has 90 valence electrons. The molecule has 0 aromatic carbocycles. The number of halogens is 1. The van der Waals surface area contributed by atoms with Gasteiger partial charge in [0.2, 0.25) is 0 Å². The number of aliphatic carboxylic acids is 1. The van der Waals surface area contributed by atoms with E-state index in [9.17, 15) is 4.79 Å². The normalized spacial score (nSPS) is 17.1. The number of hydrogen-bond acceptors (Lipinski definition) is 2. The van der Waals surface area contributed by atoms with Crippen molar-refractivity contribution in [2.24, 2.45) is 5.92 Å². The van der Waals surface area contributed by atoms with E-state index in [4.69, 9.17) is 5.11 Å². The highest BCUT2D eigenvalue weighted by Gasteiger charge is 2.11. The smallest absolute Gasteiger partial charge is 0.303 e. The van der Waals surface area contributed by atoms with Crippen LogP contribution in [0.15, 0.2) is 0 Å². The summed E-state index contributed by atoms with van der Waals surface area (Å²) in [5, 5.41) is 11.8. The molecule has 1 aliphatic heterocycles. The molecule has 0 aliphatic carbocycles. The monoisotopic (exact) mass is 235 g/mol. The maximum absolute atomic E-state index is 10.3. The third-order valence-electron chi connectivity index (χ3n) is 2.96. The second-order valence-electron chi connectivity index (χ2n) is 4.19. The molecule has 0 spiro atoms. The minimum Gasteiger partial charge on any atom is -0.481 e. The van der Waals surface area contributed by atoms with Gasteiger partial charge in [-0.25, -0.2) is 0 Å². The van der Waals surface area contributed by atoms with Crippen LogP contribution in [0.5, 0.6) is 0 Å². The summed E-state index contributed by atoms with van der Waals surface area (Å²) in [6, 6.07) is 0. The largest absolute Gasteiger partial charge is 0.481 e. The molecule has 2 N–H and O–H groups in total. The highest BCUT2D eigenvalue weighted by molar-refractivity contribution is 5.85. The third-order valence-corrected chi connectivity index (χ3v) is 2.96. The van der Waals surface area contributed by atoms with Crippen molar-refractivity contribution in [1.82, 2.24) is 5.32 Å². The molecule has 3 nitrogen and oxygen atoms in total. The number of rotatable bonds is 6. The second-order valence-corrected chi connectivity index (χ2v) is 4.19. The Balaban J connectivity index is 0.00000196. The molecule has 0 amide bonds. The van der Waals surface area contributed by atoms with Gasteiger partial charge in [-0.1, -0.05) is 19.3 Å². The molecule has 1 saturated heterocycles. The van der Waals surface area contributed by atoms with Crippen molar-refractivity contribution in [2.75, 3.05) is 13.1 Å². The Hall–Kier alpha value is -0.280. The predicted octanol–water partition coefficient (Wildman–Crippen LogP) is 2.44. The Bertz CT molecular complexity index is 170. The Morgan fingerprint density at radius 1 is 1.20 bits per heavy atom. The minimum atomic E-state index is -0.660. The van der Waals surface area contributed by atoms with Gasteiger partial charge in [-0.15, -0.1) is 12.4 Å². The molecule has 0 bridgehead atoms. The zero-order valence-corrected chi connectivity index (χ0v) is 10.0. The molecule has 15 heavy (non-hydrogen) atoms. The lowest BCUT2D eigenvalue weighted by Gasteiger charge is -2.22. The van der Waals surface area contributed by atoms with E-state index in [2.05, 4.69) is 5.32 Å². The standard InChI is InChI=1S/C11H21NO2.ClH/c13-11(14)5-3-1-2-4-10-6-8-12-9-7-10;/h10,12H,1-9H2,(H,13,14);1H. The van der Waals surface area contributed by atoms with Gasteiger partial charge in [0.05, 0.1) is 0 Å². The van der Waals surface area contributed by atoms with Crippen LogP contribution in [0.1, 0.15) is 44.9 Å². The maximum Gasteiger partial charge on any atom is 0.303 e. The number of unbranched alkanes of at least 4 members (excludes halogenated alkanes) is 2. The lowest BCUT2D eigenvalue weighted by atomic mass is 9.92. The Morgan fingerprint density at radius 3 is 2.47 bits per heavy atom. The van der Waals surface area contributed by atoms with E-state index in [1.165, 1.54) is 38.8 Å². The summed E-state index contributed by atoms with van der Waals surface area (Å²) in [7, 11) is 0. The average molecular weight is 236 g/mol. The molecule has 0 radical (unpaired) electrons. The fourth-order valence-corrected chi connectivity index (χ4v) is 2.06. The number of carbonyl (C=O) groups is 1. The molecule has 1 heterocycles. The first-order valence-electron chi connectivity index (χ1n) is 5.71. The van der Waals surface area contributed by atoms with Crippen molar-refractivity contribution in [3.63, 3.8) is 0 Å². The summed E-state index contributed by atoms with van der Waals surface area (Å²) in [6.45, 7) is 2.33. The Labute approximate surface area is 98.0 Å². The zero-order valence-electron chi connectivity index (χ0n) is 9.21. The lowest BCUT2D eigenvalue weighted by molar-refractivity contribution is -0.137. The minimum absolute atomic E-state index is 0. The zero-order chi connectivity index (χ0) is 10.2. The van der Waals surface area contributed by atoms with Crippen LogP contribution in [0.25, 0.3) is 0 Å². The van der Waals surface area contributed by atoms with Crippen molar-refractivity contribution in [3.8, 4) is 0 Å².